The second kappa shape index (κ2) is 7.04. The van der Waals surface area contributed by atoms with Crippen LogP contribution in [0.4, 0.5) is 0 Å². The molecule has 7 heteroatoms. The highest BCUT2D eigenvalue weighted by Crippen LogP contribution is 2.20. The third-order valence-electron chi connectivity index (χ3n) is 4.41. The minimum absolute atomic E-state index is 0.0684. The van der Waals surface area contributed by atoms with Crippen molar-refractivity contribution in [3.05, 3.63) is 47.3 Å². The Balaban J connectivity index is 1.67. The van der Waals surface area contributed by atoms with Crippen molar-refractivity contribution in [2.75, 3.05) is 13.1 Å². The van der Waals surface area contributed by atoms with Gasteiger partial charge in [0.1, 0.15) is 4.90 Å². The molecule has 1 saturated heterocycles. The smallest absolute Gasteiger partial charge is 0.244 e. The van der Waals surface area contributed by atoms with Crippen LogP contribution >= 0.6 is 0 Å². The lowest BCUT2D eigenvalue weighted by Crippen LogP contribution is -2.47. The Bertz CT molecular complexity index is 767. The van der Waals surface area contributed by atoms with Gasteiger partial charge in [0.25, 0.3) is 0 Å². The Morgan fingerprint density at radius 2 is 2.04 bits per heavy atom. The third-order valence-corrected chi connectivity index (χ3v) is 6.19. The number of rotatable bonds is 5. The van der Waals surface area contributed by atoms with Crippen LogP contribution in [0.15, 0.2) is 35.2 Å². The van der Waals surface area contributed by atoms with Crippen LogP contribution in [0.25, 0.3) is 0 Å². The topological polar surface area (TPSA) is 78.1 Å². The van der Waals surface area contributed by atoms with Gasteiger partial charge in [-0.15, -0.1) is 0 Å². The van der Waals surface area contributed by atoms with Crippen LogP contribution in [-0.4, -0.2) is 42.6 Å². The zero-order chi connectivity index (χ0) is 17.2. The highest BCUT2D eigenvalue weighted by molar-refractivity contribution is 7.89. The molecule has 1 atom stereocenters. The highest BCUT2D eigenvalue weighted by Gasteiger charge is 2.28. The number of aryl methyl sites for hydroxylation is 2. The summed E-state index contributed by atoms with van der Waals surface area (Å²) in [4.78, 5) is 2.59. The quantitative estimate of drug-likeness (QED) is 0.866. The summed E-state index contributed by atoms with van der Waals surface area (Å²) in [5.41, 5.74) is 2.34. The first-order chi connectivity index (χ1) is 11.5. The molecule has 0 aliphatic carbocycles. The van der Waals surface area contributed by atoms with E-state index < -0.39 is 10.0 Å². The predicted molar refractivity (Wildman–Crippen MR) is 93.1 cm³/mol. The van der Waals surface area contributed by atoms with Gasteiger partial charge < -0.3 is 0 Å². The molecular weight excluding hydrogens is 324 g/mol. The predicted octanol–water partition coefficient (Wildman–Crippen LogP) is 1.97. The van der Waals surface area contributed by atoms with Gasteiger partial charge in [0, 0.05) is 19.1 Å². The lowest BCUT2D eigenvalue weighted by atomic mass is 10.1. The maximum absolute atomic E-state index is 12.7. The van der Waals surface area contributed by atoms with Crippen LogP contribution in [0.1, 0.15) is 29.8 Å². The Morgan fingerprint density at radius 3 is 2.71 bits per heavy atom. The highest BCUT2D eigenvalue weighted by atomic mass is 32.2. The van der Waals surface area contributed by atoms with Crippen molar-refractivity contribution >= 4 is 10.0 Å². The maximum atomic E-state index is 12.7. The van der Waals surface area contributed by atoms with Gasteiger partial charge in [0.05, 0.1) is 11.4 Å². The van der Waals surface area contributed by atoms with Crippen molar-refractivity contribution in [3.8, 4) is 0 Å². The lowest BCUT2D eigenvalue weighted by molar-refractivity contribution is 0.194. The van der Waals surface area contributed by atoms with Crippen LogP contribution < -0.4 is 4.72 Å². The summed E-state index contributed by atoms with van der Waals surface area (Å²) in [7, 11) is -3.54. The molecule has 3 rings (SSSR count). The number of H-pyrrole nitrogens is 1. The number of nitrogens with one attached hydrogen (secondary N) is 2. The Hall–Kier alpha value is -1.70. The van der Waals surface area contributed by atoms with Crippen molar-refractivity contribution in [2.45, 2.75) is 44.2 Å². The van der Waals surface area contributed by atoms with E-state index in [0.717, 1.165) is 32.5 Å². The fraction of sp³-hybridized carbons (Fsp3) is 0.471. The van der Waals surface area contributed by atoms with Crippen molar-refractivity contribution in [2.24, 2.45) is 0 Å². The standard InChI is InChI=1S/C17H24N4O2S/c1-13-17(14(2)19-18-13)24(22,23)20-16-9-6-10-21(12-16)11-15-7-4-3-5-8-15/h3-5,7-8,16,20H,6,9-12H2,1-2H3,(H,18,19). The molecule has 0 bridgehead atoms. The SMILES string of the molecule is Cc1n[nH]c(C)c1S(=O)(=O)NC1CCCN(Cc2ccccc2)C1. The minimum atomic E-state index is -3.54. The number of nitrogens with zero attached hydrogens (tertiary/aromatic N) is 2. The van der Waals surface area contributed by atoms with Crippen molar-refractivity contribution in [3.63, 3.8) is 0 Å². The number of benzene rings is 1. The zero-order valence-electron chi connectivity index (χ0n) is 14.1. The fourth-order valence-corrected chi connectivity index (χ4v) is 4.98. The van der Waals surface area contributed by atoms with Gasteiger partial charge >= 0.3 is 0 Å². The van der Waals surface area contributed by atoms with E-state index >= 15 is 0 Å². The Labute approximate surface area is 143 Å². The number of hydrogen-bond acceptors (Lipinski definition) is 4. The average Bonchev–Trinajstić information content (AvgIpc) is 2.88. The molecule has 0 amide bonds. The van der Waals surface area contributed by atoms with E-state index in [1.54, 1.807) is 13.8 Å². The van der Waals surface area contributed by atoms with Crippen molar-refractivity contribution in [1.82, 2.24) is 19.8 Å². The zero-order valence-corrected chi connectivity index (χ0v) is 14.9. The molecule has 1 aliphatic rings. The molecule has 0 radical (unpaired) electrons. The summed E-state index contributed by atoms with van der Waals surface area (Å²) < 4.78 is 28.2. The van der Waals surface area contributed by atoms with Crippen LogP contribution in [0.3, 0.4) is 0 Å². The van der Waals surface area contributed by atoms with Crippen LogP contribution in [0.2, 0.25) is 0 Å². The monoisotopic (exact) mass is 348 g/mol. The molecule has 1 aromatic carbocycles. The van der Waals surface area contributed by atoms with E-state index in [9.17, 15) is 8.42 Å². The van der Waals surface area contributed by atoms with Crippen molar-refractivity contribution < 1.29 is 8.42 Å². The van der Waals surface area contributed by atoms with Crippen molar-refractivity contribution in [1.29, 1.82) is 0 Å². The number of hydrogen-bond donors (Lipinski definition) is 2. The van der Waals surface area contributed by atoms with Gasteiger partial charge in [-0.2, -0.15) is 5.10 Å². The van der Waals surface area contributed by atoms with Crippen LogP contribution in [0, 0.1) is 13.8 Å². The van der Waals surface area contributed by atoms with Gasteiger partial charge in [0.2, 0.25) is 10.0 Å². The first-order valence-electron chi connectivity index (χ1n) is 8.26. The molecule has 1 aromatic heterocycles. The van der Waals surface area contributed by atoms with E-state index in [1.165, 1.54) is 5.56 Å². The summed E-state index contributed by atoms with van der Waals surface area (Å²) >= 11 is 0. The Morgan fingerprint density at radius 1 is 1.29 bits per heavy atom. The summed E-state index contributed by atoms with van der Waals surface area (Å²) in [6.45, 7) is 6.02. The molecular formula is C17H24N4O2S. The summed E-state index contributed by atoms with van der Waals surface area (Å²) in [5.74, 6) is 0. The van der Waals surface area contributed by atoms with Gasteiger partial charge in [-0.05, 0) is 38.8 Å². The molecule has 0 spiro atoms. The lowest BCUT2D eigenvalue weighted by Gasteiger charge is -2.33. The van der Waals surface area contributed by atoms with Gasteiger partial charge in [-0.1, -0.05) is 30.3 Å². The van der Waals surface area contributed by atoms with E-state index in [4.69, 9.17) is 0 Å². The summed E-state index contributed by atoms with van der Waals surface area (Å²) in [5, 5.41) is 6.73. The van der Waals surface area contributed by atoms with E-state index in [2.05, 4.69) is 32.0 Å². The summed E-state index contributed by atoms with van der Waals surface area (Å²) in [6, 6.07) is 10.2. The molecule has 6 nitrogen and oxygen atoms in total. The third kappa shape index (κ3) is 3.85. The molecule has 1 aliphatic heterocycles. The molecule has 2 heterocycles. The van der Waals surface area contributed by atoms with E-state index in [1.807, 2.05) is 18.2 Å². The molecule has 130 valence electrons. The minimum Gasteiger partial charge on any atom is -0.298 e. The normalized spacial score (nSPS) is 19.5. The average molecular weight is 348 g/mol. The molecule has 2 aromatic rings. The maximum Gasteiger partial charge on any atom is 0.244 e. The summed E-state index contributed by atoms with van der Waals surface area (Å²) in [6.07, 6.45) is 1.85. The fourth-order valence-electron chi connectivity index (χ4n) is 3.35. The number of aromatic nitrogens is 2. The van der Waals surface area contributed by atoms with Crippen LogP contribution in [-0.2, 0) is 16.6 Å². The second-order valence-electron chi connectivity index (χ2n) is 6.44. The van der Waals surface area contributed by atoms with Gasteiger partial charge in [-0.3, -0.25) is 10.00 Å². The first-order valence-corrected chi connectivity index (χ1v) is 9.74. The molecule has 24 heavy (non-hydrogen) atoms. The number of aromatic amines is 1. The van der Waals surface area contributed by atoms with E-state index in [-0.39, 0.29) is 10.9 Å². The molecule has 2 N–H and O–H groups in total. The molecule has 0 saturated carbocycles. The largest absolute Gasteiger partial charge is 0.298 e. The van der Waals surface area contributed by atoms with E-state index in [0.29, 0.717) is 11.4 Å². The number of sulfonamides is 1. The Kier molecular flexibility index (Phi) is 5.03. The molecule has 1 unspecified atom stereocenters. The first kappa shape index (κ1) is 17.1. The second-order valence-corrected chi connectivity index (χ2v) is 8.10. The number of likely N-dealkylation sites (tertiary alicyclic amines) is 1. The molecule has 1 fully saturated rings. The van der Waals surface area contributed by atoms with Gasteiger partial charge in [-0.25, -0.2) is 13.1 Å². The van der Waals surface area contributed by atoms with Gasteiger partial charge in [0.15, 0.2) is 0 Å². The van der Waals surface area contributed by atoms with Crippen LogP contribution in [0.5, 0.6) is 0 Å². The number of piperidine rings is 1.